The summed E-state index contributed by atoms with van der Waals surface area (Å²) in [6.07, 6.45) is 0.865. The van der Waals surface area contributed by atoms with Crippen LogP contribution in [0.15, 0.2) is 12.1 Å². The summed E-state index contributed by atoms with van der Waals surface area (Å²) in [5, 5.41) is 0.594. The third-order valence-electron chi connectivity index (χ3n) is 3.92. The van der Waals surface area contributed by atoms with Crippen LogP contribution < -0.4 is 15.2 Å². The number of hydrogen-bond donors (Lipinski definition) is 1. The van der Waals surface area contributed by atoms with Crippen molar-refractivity contribution in [2.24, 2.45) is 5.73 Å². The van der Waals surface area contributed by atoms with E-state index in [1.165, 1.54) is 0 Å². The maximum absolute atomic E-state index is 6.37. The highest BCUT2D eigenvalue weighted by molar-refractivity contribution is 6.32. The minimum Gasteiger partial charge on any atom is -0.489 e. The number of rotatable bonds is 3. The lowest BCUT2D eigenvalue weighted by Gasteiger charge is -2.34. The molecule has 0 bridgehead atoms. The number of nitrogens with zero attached hydrogens (tertiary/aromatic N) is 1. The largest absolute Gasteiger partial charge is 0.489 e. The summed E-state index contributed by atoms with van der Waals surface area (Å²) in [5.74, 6) is 1.37. The van der Waals surface area contributed by atoms with Gasteiger partial charge in [0.15, 0.2) is 11.5 Å². The third-order valence-corrected chi connectivity index (χ3v) is 4.20. The minimum atomic E-state index is 0.128. The van der Waals surface area contributed by atoms with E-state index in [1.807, 2.05) is 12.1 Å². The van der Waals surface area contributed by atoms with Gasteiger partial charge in [-0.3, -0.25) is 4.90 Å². The lowest BCUT2D eigenvalue weighted by atomic mass is 10.0. The predicted octanol–water partition coefficient (Wildman–Crippen LogP) is 1.83. The Kier molecular flexibility index (Phi) is 4.85. The molecular formula is C15H21ClN2O3. The van der Waals surface area contributed by atoms with Gasteiger partial charge in [-0.15, -0.1) is 0 Å². The number of morpholine rings is 1. The van der Waals surface area contributed by atoms with Crippen molar-refractivity contribution in [2.45, 2.75) is 12.5 Å². The third kappa shape index (κ3) is 3.26. The van der Waals surface area contributed by atoms with Crippen molar-refractivity contribution in [1.29, 1.82) is 0 Å². The molecule has 116 valence electrons. The highest BCUT2D eigenvalue weighted by atomic mass is 35.5. The van der Waals surface area contributed by atoms with Gasteiger partial charge in [-0.25, -0.2) is 0 Å². The fraction of sp³-hybridized carbons (Fsp3) is 0.600. The van der Waals surface area contributed by atoms with Gasteiger partial charge >= 0.3 is 0 Å². The Morgan fingerprint density at radius 1 is 1.14 bits per heavy atom. The van der Waals surface area contributed by atoms with Crippen LogP contribution in [0.3, 0.4) is 0 Å². The fourth-order valence-electron chi connectivity index (χ4n) is 2.83. The first-order valence-electron chi connectivity index (χ1n) is 7.40. The summed E-state index contributed by atoms with van der Waals surface area (Å²) < 4.78 is 16.8. The standard InChI is InChI=1S/C15H21ClN2O3/c16-12-8-11(9-14-15(12)21-5-1-4-20-14)13(10-17)18-2-6-19-7-3-18/h8-9,13H,1-7,10,17H2. The monoisotopic (exact) mass is 312 g/mol. The summed E-state index contributed by atoms with van der Waals surface area (Å²) >= 11 is 6.37. The number of benzene rings is 1. The van der Waals surface area contributed by atoms with Crippen LogP contribution >= 0.6 is 11.6 Å². The summed E-state index contributed by atoms with van der Waals surface area (Å²) in [6, 6.07) is 4.09. The average Bonchev–Trinajstić information content (AvgIpc) is 2.75. The number of hydrogen-bond acceptors (Lipinski definition) is 5. The average molecular weight is 313 g/mol. The number of halogens is 1. The Labute approximate surface area is 129 Å². The first kappa shape index (κ1) is 14.9. The molecule has 5 nitrogen and oxygen atoms in total. The molecule has 0 saturated carbocycles. The second-order valence-electron chi connectivity index (χ2n) is 5.28. The van der Waals surface area contributed by atoms with E-state index in [4.69, 9.17) is 31.5 Å². The first-order chi connectivity index (χ1) is 10.3. The van der Waals surface area contributed by atoms with Gasteiger partial charge in [0.25, 0.3) is 0 Å². The quantitative estimate of drug-likeness (QED) is 0.923. The maximum atomic E-state index is 6.37. The molecule has 3 rings (SSSR count). The van der Waals surface area contributed by atoms with Crippen molar-refractivity contribution in [3.63, 3.8) is 0 Å². The summed E-state index contributed by atoms with van der Waals surface area (Å²) in [6.45, 7) is 5.08. The SMILES string of the molecule is NCC(c1cc(Cl)c2c(c1)OCCCO2)N1CCOCC1. The molecule has 1 aromatic rings. The van der Waals surface area contributed by atoms with E-state index in [-0.39, 0.29) is 6.04 Å². The lowest BCUT2D eigenvalue weighted by Crippen LogP contribution is -2.41. The highest BCUT2D eigenvalue weighted by Gasteiger charge is 2.24. The van der Waals surface area contributed by atoms with Crippen LogP contribution in [-0.2, 0) is 4.74 Å². The van der Waals surface area contributed by atoms with Crippen LogP contribution in [0.5, 0.6) is 11.5 Å². The van der Waals surface area contributed by atoms with Gasteiger partial charge in [0.2, 0.25) is 0 Å². The highest BCUT2D eigenvalue weighted by Crippen LogP contribution is 2.40. The topological polar surface area (TPSA) is 57.0 Å². The van der Waals surface area contributed by atoms with Gasteiger partial charge in [-0.05, 0) is 17.7 Å². The van der Waals surface area contributed by atoms with Gasteiger partial charge < -0.3 is 19.9 Å². The minimum absolute atomic E-state index is 0.128. The molecule has 0 aromatic heterocycles. The molecule has 0 spiro atoms. The molecule has 21 heavy (non-hydrogen) atoms. The number of fused-ring (bicyclic) bond motifs is 1. The molecular weight excluding hydrogens is 292 g/mol. The molecule has 0 radical (unpaired) electrons. The van der Waals surface area contributed by atoms with Gasteiger partial charge in [0.1, 0.15) is 0 Å². The van der Waals surface area contributed by atoms with Gasteiger partial charge in [0.05, 0.1) is 31.5 Å². The molecule has 1 aromatic carbocycles. The molecule has 0 aliphatic carbocycles. The fourth-order valence-corrected chi connectivity index (χ4v) is 3.10. The molecule has 2 aliphatic rings. The Morgan fingerprint density at radius 3 is 2.67 bits per heavy atom. The smallest absolute Gasteiger partial charge is 0.179 e. The Balaban J connectivity index is 1.89. The lowest BCUT2D eigenvalue weighted by molar-refractivity contribution is 0.0178. The summed E-state index contributed by atoms with van der Waals surface area (Å²) in [5.41, 5.74) is 7.07. The second kappa shape index (κ2) is 6.83. The van der Waals surface area contributed by atoms with Crippen molar-refractivity contribution < 1.29 is 14.2 Å². The van der Waals surface area contributed by atoms with E-state index in [0.717, 1.165) is 44.0 Å². The Hall–Kier alpha value is -1.01. The van der Waals surface area contributed by atoms with Crippen LogP contribution in [0, 0.1) is 0 Å². The van der Waals surface area contributed by atoms with Crippen LogP contribution in [-0.4, -0.2) is 51.0 Å². The number of nitrogens with two attached hydrogens (primary N) is 1. The van der Waals surface area contributed by atoms with E-state index in [0.29, 0.717) is 30.5 Å². The Bertz CT molecular complexity index is 492. The molecule has 6 heteroatoms. The second-order valence-corrected chi connectivity index (χ2v) is 5.69. The van der Waals surface area contributed by atoms with Crippen molar-refractivity contribution in [1.82, 2.24) is 4.90 Å². The zero-order valence-electron chi connectivity index (χ0n) is 12.0. The summed E-state index contributed by atoms with van der Waals surface area (Å²) in [7, 11) is 0. The van der Waals surface area contributed by atoms with Crippen LogP contribution in [0.1, 0.15) is 18.0 Å². The van der Waals surface area contributed by atoms with Gasteiger partial charge in [-0.1, -0.05) is 11.6 Å². The van der Waals surface area contributed by atoms with E-state index >= 15 is 0 Å². The normalized spacial score (nSPS) is 20.9. The van der Waals surface area contributed by atoms with Crippen LogP contribution in [0.25, 0.3) is 0 Å². The zero-order chi connectivity index (χ0) is 14.7. The molecule has 1 unspecified atom stereocenters. The van der Waals surface area contributed by atoms with Crippen molar-refractivity contribution in [2.75, 3.05) is 46.1 Å². The van der Waals surface area contributed by atoms with Crippen LogP contribution in [0.2, 0.25) is 5.02 Å². The predicted molar refractivity (Wildman–Crippen MR) is 81.2 cm³/mol. The van der Waals surface area contributed by atoms with E-state index in [1.54, 1.807) is 0 Å². The molecule has 1 saturated heterocycles. The molecule has 2 heterocycles. The molecule has 0 amide bonds. The van der Waals surface area contributed by atoms with Crippen molar-refractivity contribution in [3.8, 4) is 11.5 Å². The van der Waals surface area contributed by atoms with Crippen LogP contribution in [0.4, 0.5) is 0 Å². The first-order valence-corrected chi connectivity index (χ1v) is 7.78. The van der Waals surface area contributed by atoms with Crippen molar-refractivity contribution in [3.05, 3.63) is 22.7 Å². The molecule has 1 fully saturated rings. The zero-order valence-corrected chi connectivity index (χ0v) is 12.8. The summed E-state index contributed by atoms with van der Waals surface area (Å²) in [4.78, 5) is 2.33. The van der Waals surface area contributed by atoms with E-state index < -0.39 is 0 Å². The van der Waals surface area contributed by atoms with Crippen molar-refractivity contribution >= 4 is 11.6 Å². The maximum Gasteiger partial charge on any atom is 0.179 e. The molecule has 2 N–H and O–H groups in total. The van der Waals surface area contributed by atoms with Gasteiger partial charge in [0, 0.05) is 32.1 Å². The number of ether oxygens (including phenoxy) is 3. The Morgan fingerprint density at radius 2 is 1.90 bits per heavy atom. The van der Waals surface area contributed by atoms with E-state index in [9.17, 15) is 0 Å². The molecule has 2 aliphatic heterocycles. The van der Waals surface area contributed by atoms with E-state index in [2.05, 4.69) is 4.90 Å². The molecule has 1 atom stereocenters. The van der Waals surface area contributed by atoms with Gasteiger partial charge in [-0.2, -0.15) is 0 Å².